The van der Waals surface area contributed by atoms with Gasteiger partial charge in [0.1, 0.15) is 0 Å². The van der Waals surface area contributed by atoms with E-state index in [1.54, 1.807) is 0 Å². The van der Waals surface area contributed by atoms with Gasteiger partial charge >= 0.3 is 0 Å². The van der Waals surface area contributed by atoms with E-state index in [0.29, 0.717) is 0 Å². The normalized spacial score (nSPS) is 2.25. The fourth-order valence-corrected chi connectivity index (χ4v) is 0. The van der Waals surface area contributed by atoms with Crippen LogP contribution in [-0.2, 0) is 0 Å². The van der Waals surface area contributed by atoms with Crippen LogP contribution in [0.15, 0.2) is 0 Å². The van der Waals surface area contributed by atoms with Crippen LogP contribution in [0.2, 0.25) is 0 Å². The van der Waals surface area contributed by atoms with Gasteiger partial charge in [-0.2, -0.15) is 0 Å². The van der Waals surface area contributed by atoms with Crippen molar-refractivity contribution < 1.29 is 0 Å². The summed E-state index contributed by atoms with van der Waals surface area (Å²) in [5.41, 5.74) is 4.85. The van der Waals surface area contributed by atoms with Gasteiger partial charge in [-0.25, -0.2) is 0 Å². The predicted molar refractivity (Wildman–Crippen MR) is 48.7 cm³/mol. The highest BCUT2D eigenvalue weighted by Crippen LogP contribution is 1.20. The Kier molecular flexibility index (Phi) is 731. The van der Waals surface area contributed by atoms with Crippen molar-refractivity contribution in [2.75, 3.05) is 6.54 Å². The lowest BCUT2D eigenvalue weighted by Gasteiger charge is -1.53. The second-order valence-electron chi connectivity index (χ2n) is 0.408. The van der Waals surface area contributed by atoms with Crippen LogP contribution >= 0.6 is 49.6 Å². The summed E-state index contributed by atoms with van der Waals surface area (Å²) < 4.78 is 0. The maximum absolute atomic E-state index is 4.85. The van der Waals surface area contributed by atoms with Crippen molar-refractivity contribution >= 4 is 49.6 Å². The Labute approximate surface area is 75.2 Å². The summed E-state index contributed by atoms with van der Waals surface area (Å²) in [6.07, 6.45) is 0. The SMILES string of the molecule is CCN.Cl.Cl.Cl.Cl.N. The van der Waals surface area contributed by atoms with Gasteiger partial charge in [0.05, 0.1) is 0 Å². The van der Waals surface area contributed by atoms with Crippen LogP contribution in [0.25, 0.3) is 0 Å². The van der Waals surface area contributed by atoms with E-state index < -0.39 is 0 Å². The monoisotopic (exact) mass is 206 g/mol. The average Bonchev–Trinajstić information content (AvgIpc) is 0.918. The van der Waals surface area contributed by atoms with E-state index in [2.05, 4.69) is 0 Å². The summed E-state index contributed by atoms with van der Waals surface area (Å²) in [4.78, 5) is 0. The topological polar surface area (TPSA) is 61.0 Å². The summed E-state index contributed by atoms with van der Waals surface area (Å²) in [6, 6.07) is 0. The maximum atomic E-state index is 4.85. The van der Waals surface area contributed by atoms with Gasteiger partial charge in [-0.3, -0.25) is 0 Å². The molecule has 0 radical (unpaired) electrons. The number of rotatable bonds is 0. The molecule has 0 aliphatic carbocycles. The molecule has 0 aromatic carbocycles. The minimum atomic E-state index is 0. The molecule has 0 aliphatic heterocycles. The van der Waals surface area contributed by atoms with Crippen molar-refractivity contribution in [3.05, 3.63) is 0 Å². The highest BCUT2D eigenvalue weighted by molar-refractivity contribution is 5.86. The second-order valence-corrected chi connectivity index (χ2v) is 0.408. The van der Waals surface area contributed by atoms with Crippen molar-refractivity contribution in [2.24, 2.45) is 5.73 Å². The van der Waals surface area contributed by atoms with E-state index in [9.17, 15) is 0 Å². The van der Waals surface area contributed by atoms with Crippen molar-refractivity contribution in [1.82, 2.24) is 6.15 Å². The molecule has 0 aromatic heterocycles. The largest absolute Gasteiger partial charge is 0.344 e. The second kappa shape index (κ2) is 93.6. The third-order valence-electron chi connectivity index (χ3n) is 0. The molecular weight excluding hydrogens is 194 g/mol. The van der Waals surface area contributed by atoms with Crippen molar-refractivity contribution in [1.29, 1.82) is 0 Å². The van der Waals surface area contributed by atoms with E-state index in [4.69, 9.17) is 5.73 Å². The Balaban J connectivity index is -0.00000000200. The molecule has 0 unspecified atom stereocenters. The number of hydrogen-bond acceptors (Lipinski definition) is 2. The Morgan fingerprint density at radius 2 is 1.00 bits per heavy atom. The van der Waals surface area contributed by atoms with Gasteiger partial charge in [-0.05, 0) is 6.54 Å². The Morgan fingerprint density at radius 1 is 1.00 bits per heavy atom. The molecule has 0 heterocycles. The van der Waals surface area contributed by atoms with Crippen LogP contribution in [0.4, 0.5) is 0 Å². The standard InChI is InChI=1S/C2H7N.4ClH.H3N/c1-2-3;;;;;/h2-3H2,1H3;4*1H;1H3. The number of nitrogens with two attached hydrogens (primary N) is 1. The molecule has 0 bridgehead atoms. The summed E-state index contributed by atoms with van der Waals surface area (Å²) in [5.74, 6) is 0. The molecule has 5 N–H and O–H groups in total. The van der Waals surface area contributed by atoms with Gasteiger partial charge in [-0.15, -0.1) is 49.6 Å². The number of halogens is 4. The third kappa shape index (κ3) is 224. The molecule has 8 heavy (non-hydrogen) atoms. The van der Waals surface area contributed by atoms with Gasteiger partial charge in [-0.1, -0.05) is 6.92 Å². The molecule has 0 fully saturated rings. The first-order valence-corrected chi connectivity index (χ1v) is 1.12. The molecule has 0 aliphatic rings. The fraction of sp³-hybridized carbons (Fsp3) is 1.00. The van der Waals surface area contributed by atoms with E-state index in [0.717, 1.165) is 6.54 Å². The van der Waals surface area contributed by atoms with Crippen LogP contribution in [0.5, 0.6) is 0 Å². The van der Waals surface area contributed by atoms with E-state index in [-0.39, 0.29) is 55.8 Å². The van der Waals surface area contributed by atoms with Crippen LogP contribution in [0.3, 0.4) is 0 Å². The van der Waals surface area contributed by atoms with Crippen molar-refractivity contribution in [3.63, 3.8) is 0 Å². The zero-order valence-corrected chi connectivity index (χ0v) is 7.89. The molecule has 0 rings (SSSR count). The van der Waals surface area contributed by atoms with Crippen LogP contribution in [0.1, 0.15) is 6.92 Å². The quantitative estimate of drug-likeness (QED) is 0.637. The molecule has 0 atom stereocenters. The third-order valence-corrected chi connectivity index (χ3v) is 0. The van der Waals surface area contributed by atoms with Crippen molar-refractivity contribution in [2.45, 2.75) is 6.92 Å². The fourth-order valence-electron chi connectivity index (χ4n) is 0. The molecule has 0 spiro atoms. The minimum absolute atomic E-state index is 0. The first-order valence-electron chi connectivity index (χ1n) is 1.12. The summed E-state index contributed by atoms with van der Waals surface area (Å²) in [7, 11) is 0. The molecular formula is C2H14Cl4N2. The van der Waals surface area contributed by atoms with Crippen LogP contribution < -0.4 is 11.9 Å². The minimum Gasteiger partial charge on any atom is -0.344 e. The lowest BCUT2D eigenvalue weighted by molar-refractivity contribution is 1.14. The van der Waals surface area contributed by atoms with Gasteiger partial charge in [0.15, 0.2) is 0 Å². The van der Waals surface area contributed by atoms with Crippen LogP contribution in [-0.4, -0.2) is 6.54 Å². The molecule has 60 valence electrons. The van der Waals surface area contributed by atoms with Gasteiger partial charge in [0.25, 0.3) is 0 Å². The van der Waals surface area contributed by atoms with Crippen LogP contribution in [0, 0.1) is 0 Å². The molecule has 0 saturated heterocycles. The predicted octanol–water partition coefficient (Wildman–Crippen LogP) is 1.81. The molecule has 2 nitrogen and oxygen atoms in total. The summed E-state index contributed by atoms with van der Waals surface area (Å²) >= 11 is 0. The smallest absolute Gasteiger partial charge is 0.0106 e. The highest BCUT2D eigenvalue weighted by Gasteiger charge is 1.32. The highest BCUT2D eigenvalue weighted by atomic mass is 35.5. The summed E-state index contributed by atoms with van der Waals surface area (Å²) in [5, 5.41) is 0. The lowest BCUT2D eigenvalue weighted by atomic mass is 10.8. The first kappa shape index (κ1) is 62.5. The van der Waals surface area contributed by atoms with Gasteiger partial charge in [0.2, 0.25) is 0 Å². The lowest BCUT2D eigenvalue weighted by Crippen LogP contribution is -1.87. The van der Waals surface area contributed by atoms with Gasteiger partial charge < -0.3 is 11.9 Å². The zero-order valence-electron chi connectivity index (χ0n) is 4.62. The molecule has 0 aromatic rings. The Hall–Kier alpha value is 1.08. The number of hydrogen-bond donors (Lipinski definition) is 2. The zero-order chi connectivity index (χ0) is 2.71. The Morgan fingerprint density at radius 3 is 1.00 bits per heavy atom. The van der Waals surface area contributed by atoms with Gasteiger partial charge in [0, 0.05) is 0 Å². The summed E-state index contributed by atoms with van der Waals surface area (Å²) in [6.45, 7) is 2.65. The van der Waals surface area contributed by atoms with E-state index >= 15 is 0 Å². The van der Waals surface area contributed by atoms with Crippen molar-refractivity contribution in [3.8, 4) is 0 Å². The average molecular weight is 208 g/mol. The van der Waals surface area contributed by atoms with E-state index in [1.807, 2.05) is 6.92 Å². The Bertz CT molecular complexity index is 12.0. The first-order chi connectivity index (χ1) is 1.41. The molecule has 6 heteroatoms. The van der Waals surface area contributed by atoms with E-state index in [1.165, 1.54) is 0 Å². The molecule has 0 saturated carbocycles. The molecule has 0 amide bonds. The maximum Gasteiger partial charge on any atom is -0.0106 e.